The molecule has 0 heterocycles. The number of nitrogens with one attached hydrogen (secondary N) is 1. The Morgan fingerprint density at radius 1 is 1.11 bits per heavy atom. The van der Waals surface area contributed by atoms with E-state index in [1.807, 2.05) is 0 Å². The van der Waals surface area contributed by atoms with Crippen LogP contribution in [0, 0.1) is 11.8 Å². The summed E-state index contributed by atoms with van der Waals surface area (Å²) in [7, 11) is 0. The molecule has 2 rings (SSSR count). The maximum Gasteiger partial charge on any atom is 0.324 e. The smallest absolute Gasteiger partial charge is 0.324 e. The van der Waals surface area contributed by atoms with Crippen molar-refractivity contribution in [2.75, 3.05) is 0 Å². The monoisotopic (exact) mass is 267 g/mol. The summed E-state index contributed by atoms with van der Waals surface area (Å²) in [6.45, 7) is 4.36. The predicted molar refractivity (Wildman–Crippen MR) is 77.2 cm³/mol. The summed E-state index contributed by atoms with van der Waals surface area (Å²) in [4.78, 5) is 11.9. The summed E-state index contributed by atoms with van der Waals surface area (Å²) >= 11 is 0. The Bertz CT molecular complexity index is 310. The van der Waals surface area contributed by atoms with E-state index in [4.69, 9.17) is 0 Å². The van der Waals surface area contributed by atoms with E-state index in [9.17, 15) is 9.90 Å². The van der Waals surface area contributed by atoms with Crippen LogP contribution >= 0.6 is 0 Å². The van der Waals surface area contributed by atoms with Crippen molar-refractivity contribution in [1.82, 2.24) is 5.32 Å². The van der Waals surface area contributed by atoms with Crippen molar-refractivity contribution >= 4 is 5.97 Å². The van der Waals surface area contributed by atoms with Crippen molar-refractivity contribution in [1.29, 1.82) is 0 Å². The summed E-state index contributed by atoms with van der Waals surface area (Å²) in [6.07, 6.45) is 10.3. The molecule has 0 bridgehead atoms. The van der Waals surface area contributed by atoms with Crippen molar-refractivity contribution in [3.8, 4) is 0 Å². The highest BCUT2D eigenvalue weighted by Gasteiger charge is 2.47. The van der Waals surface area contributed by atoms with Gasteiger partial charge in [-0.05, 0) is 43.9 Å². The molecule has 2 aliphatic rings. The number of aliphatic carboxylic acids is 1. The molecule has 3 atom stereocenters. The number of carboxylic acid groups (broad SMARTS) is 1. The highest BCUT2D eigenvalue weighted by Crippen LogP contribution is 2.38. The van der Waals surface area contributed by atoms with E-state index in [0.717, 1.165) is 32.1 Å². The fraction of sp³-hybridized carbons (Fsp3) is 0.938. The summed E-state index contributed by atoms with van der Waals surface area (Å²) in [5.41, 5.74) is -0.665. The normalized spacial score (nSPS) is 37.8. The molecule has 2 N–H and O–H groups in total. The van der Waals surface area contributed by atoms with Gasteiger partial charge in [0.25, 0.3) is 0 Å². The van der Waals surface area contributed by atoms with Gasteiger partial charge in [-0.3, -0.25) is 10.1 Å². The van der Waals surface area contributed by atoms with Crippen LogP contribution in [-0.4, -0.2) is 22.7 Å². The number of carbonyl (C=O) groups is 1. The van der Waals surface area contributed by atoms with E-state index in [1.54, 1.807) is 0 Å². The van der Waals surface area contributed by atoms with E-state index in [2.05, 4.69) is 19.2 Å². The van der Waals surface area contributed by atoms with Crippen molar-refractivity contribution < 1.29 is 9.90 Å². The molecule has 3 nitrogen and oxygen atoms in total. The Hall–Kier alpha value is -0.570. The van der Waals surface area contributed by atoms with Crippen molar-refractivity contribution in [2.24, 2.45) is 11.8 Å². The third-order valence-electron chi connectivity index (χ3n) is 5.33. The van der Waals surface area contributed by atoms with Crippen LogP contribution in [0.1, 0.15) is 71.6 Å². The molecular formula is C16H29NO2. The molecule has 0 amide bonds. The molecule has 110 valence electrons. The second-order valence-corrected chi connectivity index (χ2v) is 6.89. The van der Waals surface area contributed by atoms with Gasteiger partial charge in [-0.1, -0.05) is 39.5 Å². The summed E-state index contributed by atoms with van der Waals surface area (Å²) in [6, 6.07) is 0.412. The minimum Gasteiger partial charge on any atom is -0.480 e. The van der Waals surface area contributed by atoms with Gasteiger partial charge in [0, 0.05) is 6.04 Å². The molecule has 0 aromatic heterocycles. The molecule has 3 heteroatoms. The first-order valence-corrected chi connectivity index (χ1v) is 8.05. The fourth-order valence-corrected chi connectivity index (χ4v) is 4.02. The number of hydrogen-bond donors (Lipinski definition) is 2. The van der Waals surface area contributed by atoms with Gasteiger partial charge in [-0.25, -0.2) is 0 Å². The Morgan fingerprint density at radius 3 is 2.26 bits per heavy atom. The van der Waals surface area contributed by atoms with E-state index < -0.39 is 11.5 Å². The van der Waals surface area contributed by atoms with Crippen molar-refractivity contribution in [3.05, 3.63) is 0 Å². The molecule has 0 aromatic carbocycles. The molecule has 19 heavy (non-hydrogen) atoms. The van der Waals surface area contributed by atoms with Crippen molar-refractivity contribution in [3.63, 3.8) is 0 Å². The molecule has 0 saturated heterocycles. The zero-order chi connectivity index (χ0) is 13.9. The van der Waals surface area contributed by atoms with Crippen LogP contribution in [0.15, 0.2) is 0 Å². The lowest BCUT2D eigenvalue weighted by Crippen LogP contribution is -2.61. The first-order valence-electron chi connectivity index (χ1n) is 8.05. The standard InChI is InChI=1S/C16H29NO2/c1-12-9-10-16(15(18)19,13(2)11-12)17-14-7-5-3-4-6-8-14/h12-14,17H,3-11H2,1-2H3,(H,18,19). The highest BCUT2D eigenvalue weighted by atomic mass is 16.4. The second-order valence-electron chi connectivity index (χ2n) is 6.89. The lowest BCUT2D eigenvalue weighted by Gasteiger charge is -2.44. The Kier molecular flexibility index (Phi) is 4.88. The van der Waals surface area contributed by atoms with Crippen LogP contribution in [0.2, 0.25) is 0 Å². The molecule has 0 spiro atoms. The Labute approximate surface area is 117 Å². The van der Waals surface area contributed by atoms with Gasteiger partial charge in [0.1, 0.15) is 5.54 Å². The first kappa shape index (κ1) is 14.8. The Morgan fingerprint density at radius 2 is 1.74 bits per heavy atom. The number of carboxylic acids is 1. The van der Waals surface area contributed by atoms with Crippen LogP contribution < -0.4 is 5.32 Å². The zero-order valence-electron chi connectivity index (χ0n) is 12.5. The SMILES string of the molecule is CC1CCC(NC2CCCCCC2)(C(=O)O)C(C)C1. The number of hydrogen-bond acceptors (Lipinski definition) is 2. The maximum atomic E-state index is 11.9. The van der Waals surface area contributed by atoms with Gasteiger partial charge in [-0.15, -0.1) is 0 Å². The molecule has 0 aromatic rings. The lowest BCUT2D eigenvalue weighted by molar-refractivity contribution is -0.150. The van der Waals surface area contributed by atoms with Crippen molar-refractivity contribution in [2.45, 2.75) is 83.2 Å². The third kappa shape index (κ3) is 3.31. The van der Waals surface area contributed by atoms with Gasteiger partial charge >= 0.3 is 5.97 Å². The van der Waals surface area contributed by atoms with Gasteiger partial charge < -0.3 is 5.11 Å². The van der Waals surface area contributed by atoms with E-state index in [0.29, 0.717) is 12.0 Å². The minimum absolute atomic E-state index is 0.233. The third-order valence-corrected chi connectivity index (χ3v) is 5.33. The van der Waals surface area contributed by atoms with Crippen LogP contribution in [0.5, 0.6) is 0 Å². The molecule has 2 fully saturated rings. The molecule has 0 aliphatic heterocycles. The predicted octanol–water partition coefficient (Wildman–Crippen LogP) is 3.58. The molecular weight excluding hydrogens is 238 g/mol. The van der Waals surface area contributed by atoms with Crippen LogP contribution in [-0.2, 0) is 4.79 Å². The van der Waals surface area contributed by atoms with Crippen LogP contribution in [0.4, 0.5) is 0 Å². The lowest BCUT2D eigenvalue weighted by atomic mass is 9.69. The first-order chi connectivity index (χ1) is 9.04. The largest absolute Gasteiger partial charge is 0.480 e. The topological polar surface area (TPSA) is 49.3 Å². The number of rotatable bonds is 3. The molecule has 0 radical (unpaired) electrons. The quantitative estimate of drug-likeness (QED) is 0.768. The average molecular weight is 267 g/mol. The summed E-state index contributed by atoms with van der Waals surface area (Å²) < 4.78 is 0. The second kappa shape index (κ2) is 6.25. The highest BCUT2D eigenvalue weighted by molar-refractivity contribution is 5.79. The van der Waals surface area contributed by atoms with Gasteiger partial charge in [0.15, 0.2) is 0 Å². The zero-order valence-corrected chi connectivity index (χ0v) is 12.5. The Balaban J connectivity index is 2.08. The van der Waals surface area contributed by atoms with E-state index >= 15 is 0 Å². The van der Waals surface area contributed by atoms with Gasteiger partial charge in [0.2, 0.25) is 0 Å². The van der Waals surface area contributed by atoms with E-state index in [1.165, 1.54) is 25.7 Å². The molecule has 2 saturated carbocycles. The van der Waals surface area contributed by atoms with Gasteiger partial charge in [0.05, 0.1) is 0 Å². The van der Waals surface area contributed by atoms with E-state index in [-0.39, 0.29) is 5.92 Å². The van der Waals surface area contributed by atoms with Gasteiger partial charge in [-0.2, -0.15) is 0 Å². The van der Waals surface area contributed by atoms with Crippen LogP contribution in [0.3, 0.4) is 0 Å². The molecule has 3 unspecified atom stereocenters. The van der Waals surface area contributed by atoms with Crippen LogP contribution in [0.25, 0.3) is 0 Å². The average Bonchev–Trinajstić information content (AvgIpc) is 2.61. The summed E-state index contributed by atoms with van der Waals surface area (Å²) in [5, 5.41) is 13.4. The fourth-order valence-electron chi connectivity index (χ4n) is 4.02. The summed E-state index contributed by atoms with van der Waals surface area (Å²) in [5.74, 6) is 0.270. The molecule has 2 aliphatic carbocycles. The minimum atomic E-state index is -0.665. The maximum absolute atomic E-state index is 11.9.